The molecule has 2 atom stereocenters. The van der Waals surface area contributed by atoms with Gasteiger partial charge in [-0.05, 0) is 49.3 Å². The van der Waals surface area contributed by atoms with Crippen LogP contribution in [0.1, 0.15) is 75.4 Å². The monoisotopic (exact) mass is 523 g/mol. The van der Waals surface area contributed by atoms with E-state index in [9.17, 15) is 19.5 Å². The summed E-state index contributed by atoms with van der Waals surface area (Å²) >= 11 is 0. The third kappa shape index (κ3) is 7.87. The number of aryl methyl sites for hydroxylation is 1. The molecule has 1 saturated heterocycles. The zero-order valence-electron chi connectivity index (χ0n) is 22.8. The van der Waals surface area contributed by atoms with E-state index in [0.29, 0.717) is 44.5 Å². The molecule has 0 saturated carbocycles. The number of methoxy groups -OCH3 is 1. The van der Waals surface area contributed by atoms with E-state index in [4.69, 9.17) is 4.74 Å². The van der Waals surface area contributed by atoms with E-state index in [1.54, 1.807) is 6.20 Å². The Morgan fingerprint density at radius 2 is 1.82 bits per heavy atom. The Balaban J connectivity index is 1.63. The average Bonchev–Trinajstić information content (AvgIpc) is 2.97. The number of hydrogen-bond donors (Lipinski definition) is 1. The Hall–Kier alpha value is -3.26. The first-order valence-corrected chi connectivity index (χ1v) is 13.7. The fourth-order valence-electron chi connectivity index (χ4n) is 5.08. The third-order valence-electron chi connectivity index (χ3n) is 7.58. The van der Waals surface area contributed by atoms with Gasteiger partial charge in [-0.25, -0.2) is 0 Å². The maximum absolute atomic E-state index is 13.5. The van der Waals surface area contributed by atoms with Gasteiger partial charge in [0.15, 0.2) is 6.23 Å². The van der Waals surface area contributed by atoms with Crippen LogP contribution in [-0.4, -0.2) is 57.9 Å². The number of amides is 2. The number of piperidine rings is 1. The van der Waals surface area contributed by atoms with Crippen molar-refractivity contribution in [3.8, 4) is 0 Å². The quantitative estimate of drug-likeness (QED) is 0.329. The maximum atomic E-state index is 13.5. The Morgan fingerprint density at radius 1 is 1.11 bits per heavy atom. The summed E-state index contributed by atoms with van der Waals surface area (Å²) in [6.45, 7) is 5.36. The molecule has 0 spiro atoms. The fraction of sp³-hybridized carbons (Fsp3) is 0.533. The van der Waals surface area contributed by atoms with Crippen molar-refractivity contribution in [3.05, 3.63) is 65.5 Å². The molecule has 1 aromatic heterocycles. The predicted octanol–water partition coefficient (Wildman–Crippen LogP) is 4.27. The molecule has 0 radical (unpaired) electrons. The van der Waals surface area contributed by atoms with Gasteiger partial charge in [-0.2, -0.15) is 0 Å². The van der Waals surface area contributed by atoms with Gasteiger partial charge in [0.2, 0.25) is 11.8 Å². The zero-order valence-corrected chi connectivity index (χ0v) is 22.8. The Bertz CT molecular complexity index is 1050. The molecular weight excluding hydrogens is 482 g/mol. The van der Waals surface area contributed by atoms with Crippen molar-refractivity contribution >= 4 is 17.8 Å². The van der Waals surface area contributed by atoms with Gasteiger partial charge in [0.25, 0.3) is 0 Å². The summed E-state index contributed by atoms with van der Waals surface area (Å²) in [4.78, 5) is 45.9. The smallest absolute Gasteiger partial charge is 0.308 e. The van der Waals surface area contributed by atoms with Crippen molar-refractivity contribution in [2.24, 2.45) is 11.8 Å². The van der Waals surface area contributed by atoms with E-state index in [2.05, 4.69) is 4.98 Å². The highest BCUT2D eigenvalue weighted by atomic mass is 16.5. The molecule has 3 rings (SSSR count). The minimum atomic E-state index is -1.08. The topological polar surface area (TPSA) is 100 Å². The van der Waals surface area contributed by atoms with Gasteiger partial charge in [0.1, 0.15) is 0 Å². The Labute approximate surface area is 226 Å². The van der Waals surface area contributed by atoms with Crippen LogP contribution in [0.25, 0.3) is 0 Å². The van der Waals surface area contributed by atoms with Crippen LogP contribution in [0.15, 0.2) is 48.7 Å². The van der Waals surface area contributed by atoms with Gasteiger partial charge < -0.3 is 19.6 Å². The van der Waals surface area contributed by atoms with Gasteiger partial charge in [0, 0.05) is 37.7 Å². The van der Waals surface area contributed by atoms with Crippen LogP contribution in [0.5, 0.6) is 0 Å². The van der Waals surface area contributed by atoms with Crippen molar-refractivity contribution in [1.29, 1.82) is 0 Å². The van der Waals surface area contributed by atoms with Crippen LogP contribution in [0.4, 0.5) is 0 Å². The number of carbonyl (C=O) groups is 3. The van der Waals surface area contributed by atoms with Crippen LogP contribution in [0.2, 0.25) is 0 Å². The molecule has 1 aliphatic rings. The maximum Gasteiger partial charge on any atom is 0.308 e. The summed E-state index contributed by atoms with van der Waals surface area (Å²) in [5.41, 5.74) is 2.41. The SMILES string of the molecule is CCc1ccccc1C(O)N(Cc1ccccn1)C(=O)CCC(CC)CC(=O)N1CCC(C(=O)OC)CC1. The molecule has 2 heterocycles. The van der Waals surface area contributed by atoms with E-state index in [-0.39, 0.29) is 42.6 Å². The number of pyridine rings is 1. The van der Waals surface area contributed by atoms with E-state index in [1.165, 1.54) is 12.0 Å². The number of aromatic nitrogens is 1. The summed E-state index contributed by atoms with van der Waals surface area (Å²) in [6, 6.07) is 13.2. The van der Waals surface area contributed by atoms with Gasteiger partial charge in [-0.1, -0.05) is 50.6 Å². The Kier molecular flexibility index (Phi) is 11.3. The second-order valence-electron chi connectivity index (χ2n) is 9.96. The van der Waals surface area contributed by atoms with E-state index >= 15 is 0 Å². The molecule has 1 aromatic carbocycles. The lowest BCUT2D eigenvalue weighted by Gasteiger charge is -2.32. The van der Waals surface area contributed by atoms with Crippen LogP contribution >= 0.6 is 0 Å². The van der Waals surface area contributed by atoms with Crippen molar-refractivity contribution < 1.29 is 24.2 Å². The molecule has 0 aliphatic carbocycles. The molecule has 1 fully saturated rings. The van der Waals surface area contributed by atoms with Crippen LogP contribution in [0.3, 0.4) is 0 Å². The average molecular weight is 524 g/mol. The lowest BCUT2D eigenvalue weighted by molar-refractivity contribution is -0.149. The molecule has 2 unspecified atom stereocenters. The number of hydrogen-bond acceptors (Lipinski definition) is 6. The van der Waals surface area contributed by atoms with Crippen molar-refractivity contribution in [2.45, 2.75) is 71.6 Å². The highest BCUT2D eigenvalue weighted by Crippen LogP contribution is 2.27. The highest BCUT2D eigenvalue weighted by Gasteiger charge is 2.30. The third-order valence-corrected chi connectivity index (χ3v) is 7.58. The van der Waals surface area contributed by atoms with Crippen molar-refractivity contribution in [3.63, 3.8) is 0 Å². The first kappa shape index (κ1) is 29.3. The van der Waals surface area contributed by atoms with Crippen LogP contribution in [0, 0.1) is 11.8 Å². The van der Waals surface area contributed by atoms with Gasteiger partial charge in [-0.3, -0.25) is 19.4 Å². The number of likely N-dealkylation sites (tertiary alicyclic amines) is 1. The van der Waals surface area contributed by atoms with Crippen molar-refractivity contribution in [2.75, 3.05) is 20.2 Å². The van der Waals surface area contributed by atoms with E-state index < -0.39 is 6.23 Å². The molecule has 8 nitrogen and oxygen atoms in total. The molecule has 1 aliphatic heterocycles. The summed E-state index contributed by atoms with van der Waals surface area (Å²) < 4.78 is 4.84. The highest BCUT2D eigenvalue weighted by molar-refractivity contribution is 5.78. The first-order valence-electron chi connectivity index (χ1n) is 13.7. The summed E-state index contributed by atoms with van der Waals surface area (Å²) in [5, 5.41) is 11.3. The predicted molar refractivity (Wildman–Crippen MR) is 145 cm³/mol. The number of nitrogens with zero attached hydrogens (tertiary/aromatic N) is 3. The lowest BCUT2D eigenvalue weighted by atomic mass is 9.93. The van der Waals surface area contributed by atoms with E-state index in [0.717, 1.165) is 24.0 Å². The number of benzene rings is 1. The van der Waals surface area contributed by atoms with Gasteiger partial charge >= 0.3 is 5.97 Å². The largest absolute Gasteiger partial charge is 0.469 e. The van der Waals surface area contributed by atoms with E-state index in [1.807, 2.05) is 61.2 Å². The summed E-state index contributed by atoms with van der Waals surface area (Å²) in [5.74, 6) is -0.394. The summed E-state index contributed by atoms with van der Waals surface area (Å²) in [6.07, 6.45) is 4.51. The first-order chi connectivity index (χ1) is 18.4. The Morgan fingerprint density at radius 3 is 2.45 bits per heavy atom. The number of rotatable bonds is 12. The molecule has 206 valence electrons. The molecule has 2 amide bonds. The second-order valence-corrected chi connectivity index (χ2v) is 9.96. The van der Waals surface area contributed by atoms with Crippen LogP contribution < -0.4 is 0 Å². The lowest BCUT2D eigenvalue weighted by Crippen LogP contribution is -2.41. The standard InChI is InChI=1S/C30H41N3O5/c1-4-22(20-28(35)32-18-15-24(16-19-32)30(37)38-3)13-14-27(34)33(21-25-11-8-9-17-31-25)29(36)26-12-7-6-10-23(26)5-2/h6-12,17,22,24,29,36H,4-5,13-16,18-21H2,1-3H3. The zero-order chi connectivity index (χ0) is 27.5. The molecular formula is C30H41N3O5. The van der Waals surface area contributed by atoms with Gasteiger partial charge in [-0.15, -0.1) is 0 Å². The molecule has 0 bridgehead atoms. The molecule has 38 heavy (non-hydrogen) atoms. The minimum absolute atomic E-state index is 0.0570. The normalized spacial score (nSPS) is 15.5. The number of ether oxygens (including phenoxy) is 1. The molecule has 2 aromatic rings. The van der Waals surface area contributed by atoms with Crippen LogP contribution in [-0.2, 0) is 32.1 Å². The minimum Gasteiger partial charge on any atom is -0.469 e. The van der Waals surface area contributed by atoms with Crippen molar-refractivity contribution in [1.82, 2.24) is 14.8 Å². The number of aliphatic hydroxyl groups excluding tert-OH is 1. The number of aliphatic hydroxyl groups is 1. The second kappa shape index (κ2) is 14.6. The summed E-state index contributed by atoms with van der Waals surface area (Å²) in [7, 11) is 1.39. The molecule has 1 N–H and O–H groups in total. The molecule has 8 heteroatoms. The number of esters is 1. The van der Waals surface area contributed by atoms with Gasteiger partial charge in [0.05, 0.1) is 25.3 Å². The fourth-order valence-corrected chi connectivity index (χ4v) is 5.08. The number of carbonyl (C=O) groups excluding carboxylic acids is 3.